The number of hydrogen-bond donors (Lipinski definition) is 0. The highest BCUT2D eigenvalue weighted by molar-refractivity contribution is 6.18. The zero-order valence-electron chi connectivity index (χ0n) is 35.1. The zero-order chi connectivity index (χ0) is 42.4. The Balaban J connectivity index is 0.967. The lowest BCUT2D eigenvalue weighted by molar-refractivity contribution is 0.669. The van der Waals surface area contributed by atoms with E-state index in [0.717, 1.165) is 56.1 Å². The summed E-state index contributed by atoms with van der Waals surface area (Å²) in [6, 6.07) is 89.7. The average molecular weight is 819 g/mol. The summed E-state index contributed by atoms with van der Waals surface area (Å²) in [5.41, 5.74) is 12.1. The Labute approximate surface area is 372 Å². The minimum Gasteiger partial charge on any atom is -0.456 e. The Bertz CT molecular complexity index is 3580. The van der Waals surface area contributed by atoms with Crippen LogP contribution in [0.25, 0.3) is 54.3 Å². The first-order valence-electron chi connectivity index (χ1n) is 21.9. The summed E-state index contributed by atoms with van der Waals surface area (Å²) in [5, 5.41) is 9.52. The molecule has 302 valence electrons. The minimum absolute atomic E-state index is 0.0920. The quantitative estimate of drug-likeness (QED) is 0.107. The molecule has 0 saturated carbocycles. The van der Waals surface area contributed by atoms with Gasteiger partial charge in [-0.05, 0) is 128 Å². The predicted molar refractivity (Wildman–Crippen MR) is 269 cm³/mol. The third kappa shape index (κ3) is 6.63. The van der Waals surface area contributed by atoms with Gasteiger partial charge in [-0.15, -0.1) is 0 Å². The zero-order valence-corrected chi connectivity index (χ0v) is 35.1. The fourth-order valence-corrected chi connectivity index (χ4v) is 9.74. The second kappa shape index (κ2) is 15.8. The summed E-state index contributed by atoms with van der Waals surface area (Å²) >= 11 is 0. The summed E-state index contributed by atoms with van der Waals surface area (Å²) < 4.78 is 6.36. The van der Waals surface area contributed by atoms with Crippen LogP contribution in [-0.2, 0) is 0 Å². The van der Waals surface area contributed by atoms with Gasteiger partial charge in [-0.3, -0.25) is 0 Å². The third-order valence-corrected chi connectivity index (χ3v) is 12.7. The van der Waals surface area contributed by atoms with Gasteiger partial charge in [-0.1, -0.05) is 164 Å². The molecule has 0 unspecified atom stereocenters. The first kappa shape index (κ1) is 37.4. The van der Waals surface area contributed by atoms with Crippen molar-refractivity contribution in [3.05, 3.63) is 265 Å². The molecule has 0 aliphatic heterocycles. The van der Waals surface area contributed by atoms with Crippen LogP contribution >= 0.6 is 0 Å². The Hall–Kier alpha value is -8.40. The molecular formula is C61H42N2O. The number of para-hydroxylation sites is 3. The first-order valence-corrected chi connectivity index (χ1v) is 21.9. The molecule has 0 N–H and O–H groups in total. The van der Waals surface area contributed by atoms with Gasteiger partial charge in [0.05, 0.1) is 0 Å². The summed E-state index contributed by atoms with van der Waals surface area (Å²) in [6.07, 6.45) is 0. The largest absolute Gasteiger partial charge is 0.456 e. The molecule has 12 rings (SSSR count). The van der Waals surface area contributed by atoms with Crippen LogP contribution in [-0.4, -0.2) is 0 Å². The standard InChI is InChI=1S/C61H42N2O/c1-5-16-43(17-6-1)61(44-18-7-2-8-19-44)46-20-15-25-49(39-46)62(47-21-9-3-10-22-47)51-31-28-42-29-34-54-53-36-32-50(38-45(53)30-35-55(54)58(42)40-51)63(48-23-11-4-12-24-48)52-33-37-57-56-26-13-14-27-59(56)64-60(57)41-52/h1-41,61H. The van der Waals surface area contributed by atoms with Crippen LogP contribution in [0.5, 0.6) is 0 Å². The molecule has 0 spiro atoms. The highest BCUT2D eigenvalue weighted by Crippen LogP contribution is 2.43. The maximum absolute atomic E-state index is 6.36. The fourth-order valence-electron chi connectivity index (χ4n) is 9.74. The number of fused-ring (bicyclic) bond motifs is 8. The van der Waals surface area contributed by atoms with E-state index < -0.39 is 0 Å². The average Bonchev–Trinajstić information content (AvgIpc) is 3.73. The van der Waals surface area contributed by atoms with E-state index in [4.69, 9.17) is 4.42 Å². The number of benzene rings is 11. The second-order valence-corrected chi connectivity index (χ2v) is 16.5. The summed E-state index contributed by atoms with van der Waals surface area (Å²) in [4.78, 5) is 4.71. The third-order valence-electron chi connectivity index (χ3n) is 12.7. The van der Waals surface area contributed by atoms with Crippen molar-refractivity contribution in [3.8, 4) is 0 Å². The van der Waals surface area contributed by atoms with Crippen LogP contribution in [0.4, 0.5) is 34.1 Å². The second-order valence-electron chi connectivity index (χ2n) is 16.5. The van der Waals surface area contributed by atoms with E-state index in [1.54, 1.807) is 0 Å². The smallest absolute Gasteiger partial charge is 0.137 e. The molecule has 12 aromatic rings. The van der Waals surface area contributed by atoms with Crippen LogP contribution in [0.15, 0.2) is 253 Å². The molecule has 0 fully saturated rings. The van der Waals surface area contributed by atoms with E-state index in [2.05, 4.69) is 246 Å². The molecule has 3 heteroatoms. The lowest BCUT2D eigenvalue weighted by Crippen LogP contribution is -2.11. The highest BCUT2D eigenvalue weighted by atomic mass is 16.3. The molecule has 64 heavy (non-hydrogen) atoms. The molecule has 0 aliphatic carbocycles. The maximum Gasteiger partial charge on any atom is 0.137 e. The fraction of sp³-hybridized carbons (Fsp3) is 0.0164. The van der Waals surface area contributed by atoms with Gasteiger partial charge in [0, 0.05) is 56.9 Å². The molecule has 0 atom stereocenters. The molecule has 11 aromatic carbocycles. The maximum atomic E-state index is 6.36. The molecule has 0 radical (unpaired) electrons. The van der Waals surface area contributed by atoms with Gasteiger partial charge in [-0.2, -0.15) is 0 Å². The Morgan fingerprint density at radius 3 is 1.39 bits per heavy atom. The van der Waals surface area contributed by atoms with Gasteiger partial charge >= 0.3 is 0 Å². The molecule has 3 nitrogen and oxygen atoms in total. The van der Waals surface area contributed by atoms with Gasteiger partial charge in [-0.25, -0.2) is 0 Å². The van der Waals surface area contributed by atoms with Gasteiger partial charge in [0.2, 0.25) is 0 Å². The molecule has 1 heterocycles. The van der Waals surface area contributed by atoms with Crippen molar-refractivity contribution in [2.75, 3.05) is 9.80 Å². The van der Waals surface area contributed by atoms with Crippen molar-refractivity contribution >= 4 is 88.4 Å². The van der Waals surface area contributed by atoms with Gasteiger partial charge in [0.15, 0.2) is 0 Å². The van der Waals surface area contributed by atoms with Gasteiger partial charge < -0.3 is 14.2 Å². The van der Waals surface area contributed by atoms with Crippen LogP contribution in [0.3, 0.4) is 0 Å². The molecule has 0 amide bonds. The predicted octanol–water partition coefficient (Wildman–Crippen LogP) is 17.2. The highest BCUT2D eigenvalue weighted by Gasteiger charge is 2.21. The Kier molecular flexibility index (Phi) is 9.23. The van der Waals surface area contributed by atoms with E-state index in [1.165, 1.54) is 49.0 Å². The SMILES string of the molecule is c1ccc(C(c2ccccc2)c2cccc(N(c3ccccc3)c3ccc4ccc5c6ccc(N(c7ccccc7)c7ccc8c(c7)oc7ccccc78)cc6ccc5c4c3)c2)cc1. The van der Waals surface area contributed by atoms with Crippen molar-refractivity contribution in [2.45, 2.75) is 5.92 Å². The summed E-state index contributed by atoms with van der Waals surface area (Å²) in [5.74, 6) is 0.0920. The Morgan fingerprint density at radius 1 is 0.250 bits per heavy atom. The number of nitrogens with zero attached hydrogens (tertiary/aromatic N) is 2. The van der Waals surface area contributed by atoms with Crippen LogP contribution in [0.1, 0.15) is 22.6 Å². The van der Waals surface area contributed by atoms with Gasteiger partial charge in [0.1, 0.15) is 11.2 Å². The number of furan rings is 1. The topological polar surface area (TPSA) is 19.6 Å². The van der Waals surface area contributed by atoms with Crippen LogP contribution in [0.2, 0.25) is 0 Å². The van der Waals surface area contributed by atoms with Crippen LogP contribution < -0.4 is 9.80 Å². The number of anilines is 6. The van der Waals surface area contributed by atoms with Crippen molar-refractivity contribution in [1.29, 1.82) is 0 Å². The van der Waals surface area contributed by atoms with Gasteiger partial charge in [0.25, 0.3) is 0 Å². The normalized spacial score (nSPS) is 11.6. The van der Waals surface area contributed by atoms with Crippen molar-refractivity contribution in [3.63, 3.8) is 0 Å². The molecule has 0 saturated heterocycles. The lowest BCUT2D eigenvalue weighted by Gasteiger charge is -2.28. The molecule has 0 bridgehead atoms. The van der Waals surface area contributed by atoms with E-state index in [0.29, 0.717) is 0 Å². The number of hydrogen-bond acceptors (Lipinski definition) is 3. The minimum atomic E-state index is 0.0920. The van der Waals surface area contributed by atoms with E-state index in [1.807, 2.05) is 12.1 Å². The molecule has 1 aromatic heterocycles. The van der Waals surface area contributed by atoms with E-state index in [-0.39, 0.29) is 5.92 Å². The monoisotopic (exact) mass is 818 g/mol. The van der Waals surface area contributed by atoms with E-state index >= 15 is 0 Å². The van der Waals surface area contributed by atoms with E-state index in [9.17, 15) is 0 Å². The number of rotatable bonds is 9. The van der Waals surface area contributed by atoms with Crippen molar-refractivity contribution < 1.29 is 4.42 Å². The van der Waals surface area contributed by atoms with Crippen molar-refractivity contribution in [2.24, 2.45) is 0 Å². The molecular weight excluding hydrogens is 777 g/mol. The van der Waals surface area contributed by atoms with Crippen LogP contribution in [0, 0.1) is 0 Å². The lowest BCUT2D eigenvalue weighted by atomic mass is 9.85. The Morgan fingerprint density at radius 2 is 0.703 bits per heavy atom. The summed E-state index contributed by atoms with van der Waals surface area (Å²) in [7, 11) is 0. The van der Waals surface area contributed by atoms with Crippen molar-refractivity contribution in [1.82, 2.24) is 0 Å². The first-order chi connectivity index (χ1) is 31.7. The summed E-state index contributed by atoms with van der Waals surface area (Å²) in [6.45, 7) is 0. The molecule has 0 aliphatic rings.